The van der Waals surface area contributed by atoms with E-state index in [-0.39, 0.29) is 5.69 Å². The monoisotopic (exact) mass is 269 g/mol. The van der Waals surface area contributed by atoms with Crippen LogP contribution in [0.2, 0.25) is 0 Å². The molecule has 1 aromatic rings. The molecule has 1 rings (SSSR count). The highest BCUT2D eigenvalue weighted by Crippen LogP contribution is 2.40. The van der Waals surface area contributed by atoms with Crippen LogP contribution >= 0.6 is 11.3 Å². The number of nitrogens with zero attached hydrogens (tertiary/aromatic N) is 3. The minimum Gasteiger partial charge on any atom is -0.388 e. The number of aliphatic hydroxyl groups excluding tert-OH is 1. The van der Waals surface area contributed by atoms with Gasteiger partial charge in [0.05, 0.1) is 23.5 Å². The maximum Gasteiger partial charge on any atom is 0.304 e. The van der Waals surface area contributed by atoms with E-state index in [0.717, 1.165) is 0 Å². The van der Waals surface area contributed by atoms with Crippen LogP contribution in [0, 0.1) is 21.4 Å². The summed E-state index contributed by atoms with van der Waals surface area (Å²) in [4.78, 5) is 12.9. The zero-order chi connectivity index (χ0) is 13.7. The molecule has 0 aliphatic heterocycles. The number of thiophene rings is 1. The van der Waals surface area contributed by atoms with E-state index in [1.54, 1.807) is 11.8 Å². The molecular formula is C11H15N3O3S. The van der Waals surface area contributed by atoms with Gasteiger partial charge in [0.1, 0.15) is 0 Å². The number of aliphatic hydroxyl groups is 1. The summed E-state index contributed by atoms with van der Waals surface area (Å²) in [5, 5.41) is 29.6. The highest BCUT2D eigenvalue weighted by Gasteiger charge is 2.24. The van der Waals surface area contributed by atoms with E-state index in [9.17, 15) is 15.2 Å². The van der Waals surface area contributed by atoms with Crippen LogP contribution < -0.4 is 4.90 Å². The van der Waals surface area contributed by atoms with Crippen molar-refractivity contribution in [1.29, 1.82) is 5.26 Å². The molecule has 0 aromatic carbocycles. The molecule has 1 atom stereocenters. The molecule has 6 nitrogen and oxygen atoms in total. The van der Waals surface area contributed by atoms with Crippen molar-refractivity contribution >= 4 is 22.0 Å². The molecule has 0 spiro atoms. The number of anilines is 1. The highest BCUT2D eigenvalue weighted by molar-refractivity contribution is 7.16. The van der Waals surface area contributed by atoms with E-state index in [0.29, 0.717) is 29.4 Å². The number of rotatable bonds is 6. The predicted molar refractivity (Wildman–Crippen MR) is 69.7 cm³/mol. The Balaban J connectivity index is 3.11. The Morgan fingerprint density at radius 3 is 2.83 bits per heavy atom. The lowest BCUT2D eigenvalue weighted by molar-refractivity contribution is -0.383. The van der Waals surface area contributed by atoms with Crippen molar-refractivity contribution in [1.82, 2.24) is 0 Å². The maximum absolute atomic E-state index is 11.0. The van der Waals surface area contributed by atoms with Crippen molar-refractivity contribution in [2.24, 2.45) is 0 Å². The first-order chi connectivity index (χ1) is 8.51. The minimum atomic E-state index is -0.725. The van der Waals surface area contributed by atoms with E-state index < -0.39 is 11.0 Å². The van der Waals surface area contributed by atoms with Gasteiger partial charge in [-0.2, -0.15) is 5.26 Å². The Kier molecular flexibility index (Phi) is 5.07. The van der Waals surface area contributed by atoms with Crippen molar-refractivity contribution in [3.05, 3.63) is 21.1 Å². The summed E-state index contributed by atoms with van der Waals surface area (Å²) in [5.41, 5.74) is -0.00399. The molecule has 0 unspecified atom stereocenters. The van der Waals surface area contributed by atoms with Crippen molar-refractivity contribution in [2.45, 2.75) is 26.4 Å². The molecule has 0 saturated carbocycles. The van der Waals surface area contributed by atoms with Gasteiger partial charge in [0.25, 0.3) is 0 Å². The normalized spacial score (nSPS) is 11.9. The van der Waals surface area contributed by atoms with Crippen LogP contribution in [0.3, 0.4) is 0 Å². The molecule has 18 heavy (non-hydrogen) atoms. The van der Waals surface area contributed by atoms with E-state index in [1.165, 1.54) is 17.4 Å². The lowest BCUT2D eigenvalue weighted by atomic mass is 10.3. The van der Waals surface area contributed by atoms with Gasteiger partial charge < -0.3 is 10.0 Å². The Hall–Kier alpha value is -1.65. The zero-order valence-electron chi connectivity index (χ0n) is 10.3. The summed E-state index contributed by atoms with van der Waals surface area (Å²) in [6.45, 7) is 4.49. The second-order valence-corrected chi connectivity index (χ2v) is 4.82. The molecule has 0 amide bonds. The third-order valence-corrected chi connectivity index (χ3v) is 3.84. The van der Waals surface area contributed by atoms with Crippen LogP contribution in [0.15, 0.2) is 6.07 Å². The molecular weight excluding hydrogens is 254 g/mol. The topological polar surface area (TPSA) is 90.4 Å². The second kappa shape index (κ2) is 6.33. The first kappa shape index (κ1) is 14.4. The molecule has 0 saturated heterocycles. The Morgan fingerprint density at radius 2 is 2.39 bits per heavy atom. The number of hydrogen-bond acceptors (Lipinski definition) is 6. The van der Waals surface area contributed by atoms with Crippen LogP contribution in [0.4, 0.5) is 10.7 Å². The summed E-state index contributed by atoms with van der Waals surface area (Å²) in [6.07, 6.45) is -0.412. The van der Waals surface area contributed by atoms with Crippen molar-refractivity contribution < 1.29 is 10.0 Å². The molecule has 0 bridgehead atoms. The quantitative estimate of drug-likeness (QED) is 0.632. The lowest BCUT2D eigenvalue weighted by Crippen LogP contribution is -2.23. The molecule has 1 heterocycles. The standard InChI is InChI=1S/C11H15N3O3S/c1-3-13(6-4-5-12)11-9(14(16)17)7-10(18-11)8(2)15/h7-8,15H,3-4,6H2,1-2H3/t8-/m1/s1. The molecule has 98 valence electrons. The Bertz CT molecular complexity index is 465. The molecule has 0 aliphatic carbocycles. The molecule has 0 radical (unpaired) electrons. The van der Waals surface area contributed by atoms with Crippen molar-refractivity contribution in [3.8, 4) is 6.07 Å². The van der Waals surface area contributed by atoms with Crippen molar-refractivity contribution in [2.75, 3.05) is 18.0 Å². The molecule has 1 N–H and O–H groups in total. The van der Waals surface area contributed by atoms with E-state index in [2.05, 4.69) is 0 Å². The van der Waals surface area contributed by atoms with E-state index in [1.807, 2.05) is 13.0 Å². The molecule has 1 aromatic heterocycles. The predicted octanol–water partition coefficient (Wildman–Crippen LogP) is 2.45. The summed E-state index contributed by atoms with van der Waals surface area (Å²) in [5.74, 6) is 0. The summed E-state index contributed by atoms with van der Waals surface area (Å²) in [7, 11) is 0. The van der Waals surface area contributed by atoms with Gasteiger partial charge in [-0.25, -0.2) is 0 Å². The minimum absolute atomic E-state index is 0.00399. The third-order valence-electron chi connectivity index (χ3n) is 2.48. The van der Waals surface area contributed by atoms with Crippen LogP contribution in [-0.4, -0.2) is 23.1 Å². The lowest BCUT2D eigenvalue weighted by Gasteiger charge is -2.18. The van der Waals surface area contributed by atoms with Gasteiger partial charge in [-0.1, -0.05) is 0 Å². The fourth-order valence-corrected chi connectivity index (χ4v) is 2.69. The summed E-state index contributed by atoms with van der Waals surface area (Å²) >= 11 is 1.20. The Labute approximate surface area is 109 Å². The number of hydrogen-bond donors (Lipinski definition) is 1. The first-order valence-corrected chi connectivity index (χ1v) is 6.41. The Morgan fingerprint density at radius 1 is 1.72 bits per heavy atom. The molecule has 0 fully saturated rings. The first-order valence-electron chi connectivity index (χ1n) is 5.59. The zero-order valence-corrected chi connectivity index (χ0v) is 11.1. The van der Waals surface area contributed by atoms with Crippen LogP contribution in [-0.2, 0) is 0 Å². The van der Waals surface area contributed by atoms with Crippen LogP contribution in [0.5, 0.6) is 0 Å². The summed E-state index contributed by atoms with van der Waals surface area (Å²) < 4.78 is 0. The van der Waals surface area contributed by atoms with Gasteiger partial charge in [0, 0.05) is 24.0 Å². The fourth-order valence-electron chi connectivity index (χ4n) is 1.54. The summed E-state index contributed by atoms with van der Waals surface area (Å²) in [6, 6.07) is 3.43. The highest BCUT2D eigenvalue weighted by atomic mass is 32.1. The largest absolute Gasteiger partial charge is 0.388 e. The SMILES string of the molecule is CCN(CCC#N)c1sc([C@@H](C)O)cc1[N+](=O)[O-]. The van der Waals surface area contributed by atoms with Gasteiger partial charge in [-0.3, -0.25) is 10.1 Å². The fraction of sp³-hybridized carbons (Fsp3) is 0.545. The molecule has 7 heteroatoms. The van der Waals surface area contributed by atoms with Gasteiger partial charge in [0.2, 0.25) is 0 Å². The average Bonchev–Trinajstić information content (AvgIpc) is 2.75. The van der Waals surface area contributed by atoms with Gasteiger partial charge in [0.15, 0.2) is 5.00 Å². The van der Waals surface area contributed by atoms with E-state index >= 15 is 0 Å². The van der Waals surface area contributed by atoms with Gasteiger partial charge in [-0.15, -0.1) is 11.3 Å². The number of nitriles is 1. The number of nitro groups is 1. The smallest absolute Gasteiger partial charge is 0.304 e. The maximum atomic E-state index is 11.0. The van der Waals surface area contributed by atoms with Crippen LogP contribution in [0.25, 0.3) is 0 Å². The third kappa shape index (κ3) is 3.18. The molecule has 0 aliphatic rings. The second-order valence-electron chi connectivity index (χ2n) is 3.76. The van der Waals surface area contributed by atoms with Crippen molar-refractivity contribution in [3.63, 3.8) is 0 Å². The average molecular weight is 269 g/mol. The van der Waals surface area contributed by atoms with E-state index in [4.69, 9.17) is 5.26 Å². The van der Waals surface area contributed by atoms with Crippen LogP contribution in [0.1, 0.15) is 31.2 Å². The van der Waals surface area contributed by atoms with Gasteiger partial charge in [-0.05, 0) is 13.8 Å². The van der Waals surface area contributed by atoms with Gasteiger partial charge >= 0.3 is 5.69 Å².